The topological polar surface area (TPSA) is 99.4 Å². The Morgan fingerprint density at radius 3 is 2.74 bits per heavy atom. The Kier molecular flexibility index (Phi) is 5.11. The van der Waals surface area contributed by atoms with Crippen LogP contribution in [0.1, 0.15) is 5.56 Å². The van der Waals surface area contributed by atoms with Crippen molar-refractivity contribution in [3.8, 4) is 11.8 Å². The lowest BCUT2D eigenvalue weighted by Crippen LogP contribution is -2.19. The van der Waals surface area contributed by atoms with Crippen molar-refractivity contribution in [1.82, 2.24) is 5.32 Å². The van der Waals surface area contributed by atoms with Crippen LogP contribution in [0.2, 0.25) is 0 Å². The molecule has 0 bridgehead atoms. The molecule has 2 N–H and O–H groups in total. The molecule has 0 heterocycles. The van der Waals surface area contributed by atoms with E-state index in [1.807, 2.05) is 0 Å². The quantitative estimate of drug-likeness (QED) is 0.602. The number of hydrogen-bond acceptors (Lipinski definition) is 4. The first-order chi connectivity index (χ1) is 9.08. The molecule has 0 aliphatic rings. The van der Waals surface area contributed by atoms with Gasteiger partial charge >= 0.3 is 5.97 Å². The zero-order chi connectivity index (χ0) is 14.3. The Morgan fingerprint density at radius 1 is 1.47 bits per heavy atom. The molecule has 1 amide bonds. The highest BCUT2D eigenvalue weighted by atomic mass is 16.5. The van der Waals surface area contributed by atoms with Crippen molar-refractivity contribution >= 4 is 18.0 Å². The first-order valence-electron chi connectivity index (χ1n) is 5.36. The largest absolute Gasteiger partial charge is 0.481 e. The molecule has 6 heteroatoms. The van der Waals surface area contributed by atoms with Gasteiger partial charge in [0, 0.05) is 12.6 Å². The second kappa shape index (κ2) is 6.81. The molecule has 0 aliphatic heterocycles. The average Bonchev–Trinajstić information content (AvgIpc) is 2.42. The highest BCUT2D eigenvalue weighted by Gasteiger charge is 2.09. The van der Waals surface area contributed by atoms with E-state index in [2.05, 4.69) is 5.32 Å². The zero-order valence-electron chi connectivity index (χ0n) is 10.2. The molecule has 1 aromatic rings. The van der Waals surface area contributed by atoms with Crippen LogP contribution in [0.5, 0.6) is 5.75 Å². The molecule has 19 heavy (non-hydrogen) atoms. The Bertz CT molecular complexity index is 558. The van der Waals surface area contributed by atoms with Crippen LogP contribution in [0.3, 0.4) is 0 Å². The van der Waals surface area contributed by atoms with Gasteiger partial charge in [0.2, 0.25) is 0 Å². The minimum atomic E-state index is -1.11. The monoisotopic (exact) mass is 260 g/mol. The standard InChI is InChI=1S/C13H12N2O4/c1-15-13(18)10(7-14)6-9-4-2-3-5-11(9)19-8-12(16)17/h2-6H,8H2,1H3,(H,15,18)(H,16,17)/b10-6+. The van der Waals surface area contributed by atoms with E-state index in [9.17, 15) is 9.59 Å². The summed E-state index contributed by atoms with van der Waals surface area (Å²) in [5.74, 6) is -1.33. The van der Waals surface area contributed by atoms with E-state index in [-0.39, 0.29) is 5.57 Å². The second-order valence-corrected chi connectivity index (χ2v) is 3.47. The molecule has 0 fully saturated rings. The molecule has 98 valence electrons. The van der Waals surface area contributed by atoms with E-state index in [0.29, 0.717) is 11.3 Å². The second-order valence-electron chi connectivity index (χ2n) is 3.47. The molecular formula is C13H12N2O4. The predicted octanol–water partition coefficient (Wildman–Crippen LogP) is 0.803. The van der Waals surface area contributed by atoms with E-state index < -0.39 is 18.5 Å². The number of benzene rings is 1. The van der Waals surface area contributed by atoms with Gasteiger partial charge in [0.1, 0.15) is 17.4 Å². The SMILES string of the molecule is CNC(=O)/C(C#N)=C/c1ccccc1OCC(=O)O. The van der Waals surface area contributed by atoms with Gasteiger partial charge in [-0.2, -0.15) is 5.26 Å². The van der Waals surface area contributed by atoms with Gasteiger partial charge in [-0.25, -0.2) is 4.79 Å². The third-order valence-corrected chi connectivity index (χ3v) is 2.16. The number of ether oxygens (including phenoxy) is 1. The number of hydrogen-bond donors (Lipinski definition) is 2. The van der Waals surface area contributed by atoms with Gasteiger partial charge in [-0.05, 0) is 12.1 Å². The van der Waals surface area contributed by atoms with E-state index >= 15 is 0 Å². The molecule has 0 unspecified atom stereocenters. The summed E-state index contributed by atoms with van der Waals surface area (Å²) in [7, 11) is 1.42. The summed E-state index contributed by atoms with van der Waals surface area (Å²) in [6, 6.07) is 8.32. The van der Waals surface area contributed by atoms with Crippen molar-refractivity contribution in [1.29, 1.82) is 5.26 Å². The summed E-state index contributed by atoms with van der Waals surface area (Å²) < 4.78 is 5.07. The maximum absolute atomic E-state index is 11.4. The third kappa shape index (κ3) is 4.16. The number of rotatable bonds is 5. The summed E-state index contributed by atoms with van der Waals surface area (Å²) in [4.78, 5) is 21.8. The minimum absolute atomic E-state index is 0.0890. The number of carboxylic acid groups (broad SMARTS) is 1. The fraction of sp³-hybridized carbons (Fsp3) is 0.154. The molecule has 0 aliphatic carbocycles. The maximum atomic E-state index is 11.4. The van der Waals surface area contributed by atoms with Gasteiger partial charge in [-0.3, -0.25) is 4.79 Å². The van der Waals surface area contributed by atoms with Crippen LogP contribution < -0.4 is 10.1 Å². The minimum Gasteiger partial charge on any atom is -0.481 e. The first-order valence-corrected chi connectivity index (χ1v) is 5.36. The summed E-state index contributed by atoms with van der Waals surface area (Å²) >= 11 is 0. The zero-order valence-corrected chi connectivity index (χ0v) is 10.2. The Balaban J connectivity index is 3.06. The number of likely N-dealkylation sites (N-methyl/N-ethyl adjacent to an activating group) is 1. The summed E-state index contributed by atoms with van der Waals surface area (Å²) in [6.07, 6.45) is 1.34. The summed E-state index contributed by atoms with van der Waals surface area (Å²) in [6.45, 7) is -0.493. The lowest BCUT2D eigenvalue weighted by atomic mass is 10.1. The van der Waals surface area contributed by atoms with Crippen LogP contribution in [-0.2, 0) is 9.59 Å². The molecule has 1 rings (SSSR count). The van der Waals surface area contributed by atoms with E-state index in [1.54, 1.807) is 30.3 Å². The van der Waals surface area contributed by atoms with Gasteiger partial charge in [0.05, 0.1) is 0 Å². The molecule has 0 radical (unpaired) electrons. The maximum Gasteiger partial charge on any atom is 0.341 e. The van der Waals surface area contributed by atoms with Crippen molar-refractivity contribution in [2.75, 3.05) is 13.7 Å². The lowest BCUT2D eigenvalue weighted by molar-refractivity contribution is -0.139. The van der Waals surface area contributed by atoms with Gasteiger partial charge < -0.3 is 15.2 Å². The van der Waals surface area contributed by atoms with E-state index in [4.69, 9.17) is 15.1 Å². The van der Waals surface area contributed by atoms with Crippen molar-refractivity contribution < 1.29 is 19.4 Å². The van der Waals surface area contributed by atoms with Crippen molar-refractivity contribution in [3.63, 3.8) is 0 Å². The molecule has 1 aromatic carbocycles. The molecule has 0 atom stereocenters. The number of nitrogens with one attached hydrogen (secondary N) is 1. The number of nitrogens with zero attached hydrogens (tertiary/aromatic N) is 1. The van der Waals surface area contributed by atoms with Gasteiger partial charge in [-0.1, -0.05) is 18.2 Å². The van der Waals surface area contributed by atoms with Gasteiger partial charge in [0.25, 0.3) is 5.91 Å². The average molecular weight is 260 g/mol. The van der Waals surface area contributed by atoms with Crippen LogP contribution in [-0.4, -0.2) is 30.6 Å². The number of aliphatic carboxylic acids is 1. The Morgan fingerprint density at radius 2 is 2.16 bits per heavy atom. The summed E-state index contributed by atoms with van der Waals surface area (Å²) in [5, 5.41) is 19.8. The fourth-order valence-corrected chi connectivity index (χ4v) is 1.31. The molecule has 0 aromatic heterocycles. The number of carbonyl (C=O) groups is 2. The predicted molar refractivity (Wildman–Crippen MR) is 67.2 cm³/mol. The molecule has 0 saturated heterocycles. The van der Waals surface area contributed by atoms with Crippen LogP contribution in [0.15, 0.2) is 29.8 Å². The molecule has 0 saturated carbocycles. The number of carbonyl (C=O) groups excluding carboxylic acids is 1. The number of nitriles is 1. The number of carboxylic acids is 1. The van der Waals surface area contributed by atoms with Crippen LogP contribution in [0.4, 0.5) is 0 Å². The van der Waals surface area contributed by atoms with Gasteiger partial charge in [-0.15, -0.1) is 0 Å². The molecule has 0 spiro atoms. The van der Waals surface area contributed by atoms with Crippen LogP contribution in [0.25, 0.3) is 6.08 Å². The number of para-hydroxylation sites is 1. The normalized spacial score (nSPS) is 10.4. The smallest absolute Gasteiger partial charge is 0.341 e. The highest BCUT2D eigenvalue weighted by Crippen LogP contribution is 2.20. The molecule has 6 nitrogen and oxygen atoms in total. The highest BCUT2D eigenvalue weighted by molar-refractivity contribution is 6.01. The Hall–Kier alpha value is -2.81. The first kappa shape index (κ1) is 14.3. The van der Waals surface area contributed by atoms with Crippen LogP contribution >= 0.6 is 0 Å². The van der Waals surface area contributed by atoms with E-state index in [1.165, 1.54) is 13.1 Å². The third-order valence-electron chi connectivity index (χ3n) is 2.16. The lowest BCUT2D eigenvalue weighted by Gasteiger charge is -2.07. The van der Waals surface area contributed by atoms with E-state index in [0.717, 1.165) is 0 Å². The fourth-order valence-electron chi connectivity index (χ4n) is 1.31. The van der Waals surface area contributed by atoms with Gasteiger partial charge in [0.15, 0.2) is 6.61 Å². The van der Waals surface area contributed by atoms with Crippen molar-refractivity contribution in [2.45, 2.75) is 0 Å². The van der Waals surface area contributed by atoms with Crippen LogP contribution in [0, 0.1) is 11.3 Å². The Labute approximate surface area is 109 Å². The number of amides is 1. The van der Waals surface area contributed by atoms with Crippen molar-refractivity contribution in [2.24, 2.45) is 0 Å². The summed E-state index contributed by atoms with van der Waals surface area (Å²) in [5.41, 5.74) is 0.373. The van der Waals surface area contributed by atoms with Crippen molar-refractivity contribution in [3.05, 3.63) is 35.4 Å². The molecular weight excluding hydrogens is 248 g/mol.